The van der Waals surface area contributed by atoms with E-state index in [2.05, 4.69) is 5.32 Å². The van der Waals surface area contributed by atoms with Crippen LogP contribution < -0.4 is 10.2 Å². The Morgan fingerprint density at radius 2 is 2.00 bits per heavy atom. The zero-order chi connectivity index (χ0) is 13.3. The van der Waals surface area contributed by atoms with Crippen molar-refractivity contribution in [3.05, 3.63) is 0 Å². The Labute approximate surface area is 107 Å². The van der Waals surface area contributed by atoms with Crippen molar-refractivity contribution in [2.75, 3.05) is 26.2 Å². The van der Waals surface area contributed by atoms with Crippen LogP contribution in [0.2, 0.25) is 0 Å². The molecular weight excluding hydrogens is 234 g/mol. The van der Waals surface area contributed by atoms with Crippen molar-refractivity contribution in [3.63, 3.8) is 0 Å². The standard InChI is InChI=1S/C12H21N3O3/c1-12(2)10(17)15(11(18)13-12)8-9(16)7-14-5-3-4-6-14/h9,16H,3-8H2,1-2H3,(H,13,18)/p+1. The van der Waals surface area contributed by atoms with Gasteiger partial charge in [-0.3, -0.25) is 9.69 Å². The normalized spacial score (nSPS) is 25.6. The van der Waals surface area contributed by atoms with E-state index in [-0.39, 0.29) is 12.5 Å². The minimum absolute atomic E-state index is 0.0948. The monoisotopic (exact) mass is 256 g/mol. The van der Waals surface area contributed by atoms with Crippen LogP contribution in [-0.2, 0) is 4.79 Å². The van der Waals surface area contributed by atoms with Crippen LogP contribution in [0.3, 0.4) is 0 Å². The highest BCUT2D eigenvalue weighted by molar-refractivity contribution is 6.06. The Morgan fingerprint density at radius 3 is 2.50 bits per heavy atom. The highest BCUT2D eigenvalue weighted by Gasteiger charge is 2.44. The first-order valence-corrected chi connectivity index (χ1v) is 6.56. The minimum atomic E-state index is -0.850. The van der Waals surface area contributed by atoms with Gasteiger partial charge >= 0.3 is 6.03 Å². The summed E-state index contributed by atoms with van der Waals surface area (Å²) in [4.78, 5) is 26.1. The molecule has 2 heterocycles. The van der Waals surface area contributed by atoms with E-state index in [4.69, 9.17) is 0 Å². The largest absolute Gasteiger partial charge is 0.385 e. The molecule has 18 heavy (non-hydrogen) atoms. The number of nitrogens with one attached hydrogen (secondary N) is 2. The summed E-state index contributed by atoms with van der Waals surface area (Å²) in [6.45, 7) is 6.19. The SMILES string of the molecule is CC1(C)NC(=O)N(CC(O)C[NH+]2CCCC2)C1=O. The maximum Gasteiger partial charge on any atom is 0.325 e. The Hall–Kier alpha value is -1.14. The molecule has 2 aliphatic rings. The number of nitrogens with zero attached hydrogens (tertiary/aromatic N) is 1. The second-order valence-electron chi connectivity index (χ2n) is 5.79. The maximum atomic E-state index is 11.9. The molecule has 2 aliphatic heterocycles. The van der Waals surface area contributed by atoms with Crippen LogP contribution in [-0.4, -0.2) is 59.8 Å². The van der Waals surface area contributed by atoms with Crippen LogP contribution in [0.1, 0.15) is 26.7 Å². The maximum absolute atomic E-state index is 11.9. The summed E-state index contributed by atoms with van der Waals surface area (Å²) in [5.41, 5.74) is -0.850. The number of hydrogen-bond donors (Lipinski definition) is 3. The van der Waals surface area contributed by atoms with Crippen LogP contribution >= 0.6 is 0 Å². The van der Waals surface area contributed by atoms with Crippen molar-refractivity contribution in [2.45, 2.75) is 38.3 Å². The van der Waals surface area contributed by atoms with Gasteiger partial charge in [0.25, 0.3) is 5.91 Å². The summed E-state index contributed by atoms with van der Waals surface area (Å²) in [6, 6.07) is -0.402. The third kappa shape index (κ3) is 2.64. The molecule has 0 aromatic rings. The van der Waals surface area contributed by atoms with E-state index in [0.717, 1.165) is 18.0 Å². The van der Waals surface area contributed by atoms with Gasteiger partial charge in [0.2, 0.25) is 0 Å². The van der Waals surface area contributed by atoms with E-state index in [9.17, 15) is 14.7 Å². The number of rotatable bonds is 4. The third-order valence-corrected chi connectivity index (χ3v) is 3.67. The molecular formula is C12H22N3O3+. The van der Waals surface area contributed by atoms with Gasteiger partial charge in [-0.1, -0.05) is 0 Å². The number of likely N-dealkylation sites (tertiary alicyclic amines) is 1. The molecule has 0 radical (unpaired) electrons. The fourth-order valence-corrected chi connectivity index (χ4v) is 2.67. The average molecular weight is 256 g/mol. The zero-order valence-electron chi connectivity index (χ0n) is 11.0. The number of quaternary nitrogens is 1. The molecule has 6 nitrogen and oxygen atoms in total. The zero-order valence-corrected chi connectivity index (χ0v) is 11.0. The molecule has 1 atom stereocenters. The predicted octanol–water partition coefficient (Wildman–Crippen LogP) is -1.64. The molecule has 0 aliphatic carbocycles. The smallest absolute Gasteiger partial charge is 0.325 e. The summed E-state index contributed by atoms with van der Waals surface area (Å²) in [6.07, 6.45) is 1.75. The number of carbonyl (C=O) groups is 2. The van der Waals surface area contributed by atoms with Crippen molar-refractivity contribution in [1.82, 2.24) is 10.2 Å². The molecule has 102 valence electrons. The number of amides is 3. The van der Waals surface area contributed by atoms with Crippen LogP contribution in [0.15, 0.2) is 0 Å². The van der Waals surface area contributed by atoms with Gasteiger partial charge in [0.05, 0.1) is 19.6 Å². The first-order valence-electron chi connectivity index (χ1n) is 6.56. The van der Waals surface area contributed by atoms with Gasteiger partial charge in [-0.05, 0) is 13.8 Å². The molecule has 2 rings (SSSR count). The number of hydrogen-bond acceptors (Lipinski definition) is 3. The van der Waals surface area contributed by atoms with Crippen molar-refractivity contribution >= 4 is 11.9 Å². The van der Waals surface area contributed by atoms with Crippen molar-refractivity contribution in [2.24, 2.45) is 0 Å². The molecule has 0 aromatic heterocycles. The third-order valence-electron chi connectivity index (χ3n) is 3.67. The second-order valence-corrected chi connectivity index (χ2v) is 5.79. The summed E-state index contributed by atoms with van der Waals surface area (Å²) >= 11 is 0. The van der Waals surface area contributed by atoms with Crippen molar-refractivity contribution in [1.29, 1.82) is 0 Å². The van der Waals surface area contributed by atoms with Gasteiger partial charge in [-0.2, -0.15) is 0 Å². The Balaban J connectivity index is 1.88. The second kappa shape index (κ2) is 4.85. The van der Waals surface area contributed by atoms with Crippen molar-refractivity contribution in [3.8, 4) is 0 Å². The molecule has 0 spiro atoms. The first kappa shape index (κ1) is 13.3. The number of β-amino-alcohol motifs (C(OH)–C–C–N with tert-alkyl or cyclic N) is 1. The summed E-state index contributed by atoms with van der Waals surface area (Å²) in [5.74, 6) is -0.261. The quantitative estimate of drug-likeness (QED) is 0.528. The van der Waals surface area contributed by atoms with Crippen LogP contribution in [0.4, 0.5) is 4.79 Å². The van der Waals surface area contributed by atoms with E-state index < -0.39 is 17.7 Å². The molecule has 6 heteroatoms. The number of urea groups is 1. The van der Waals surface area contributed by atoms with E-state index in [0.29, 0.717) is 6.54 Å². The number of aliphatic hydroxyl groups is 1. The Bertz CT molecular complexity index is 350. The summed E-state index contributed by atoms with van der Waals surface area (Å²) in [5, 5.41) is 12.6. The summed E-state index contributed by atoms with van der Waals surface area (Å²) < 4.78 is 0. The number of carbonyl (C=O) groups excluding carboxylic acids is 2. The van der Waals surface area contributed by atoms with Gasteiger partial charge in [-0.15, -0.1) is 0 Å². The Morgan fingerprint density at radius 1 is 1.39 bits per heavy atom. The van der Waals surface area contributed by atoms with Gasteiger partial charge in [0.15, 0.2) is 0 Å². The lowest BCUT2D eigenvalue weighted by atomic mass is 10.1. The predicted molar refractivity (Wildman–Crippen MR) is 65.1 cm³/mol. The lowest BCUT2D eigenvalue weighted by Crippen LogP contribution is -3.11. The van der Waals surface area contributed by atoms with Crippen LogP contribution in [0.5, 0.6) is 0 Å². The minimum Gasteiger partial charge on any atom is -0.385 e. The molecule has 3 amide bonds. The average Bonchev–Trinajstić information content (AvgIpc) is 2.82. The van der Waals surface area contributed by atoms with Crippen LogP contribution in [0, 0.1) is 0 Å². The van der Waals surface area contributed by atoms with E-state index in [1.807, 2.05) is 0 Å². The number of aliphatic hydroxyl groups excluding tert-OH is 1. The molecule has 3 N–H and O–H groups in total. The molecule has 0 bridgehead atoms. The Kier molecular flexibility index (Phi) is 3.59. The van der Waals surface area contributed by atoms with E-state index in [1.165, 1.54) is 17.7 Å². The lowest BCUT2D eigenvalue weighted by Gasteiger charge is -2.21. The first-order chi connectivity index (χ1) is 8.40. The van der Waals surface area contributed by atoms with Crippen molar-refractivity contribution < 1.29 is 19.6 Å². The molecule has 1 unspecified atom stereocenters. The fraction of sp³-hybridized carbons (Fsp3) is 0.833. The molecule has 0 saturated carbocycles. The highest BCUT2D eigenvalue weighted by Crippen LogP contribution is 2.16. The van der Waals surface area contributed by atoms with Crippen LogP contribution in [0.25, 0.3) is 0 Å². The summed E-state index contributed by atoms with van der Waals surface area (Å²) in [7, 11) is 0. The molecule has 0 aromatic carbocycles. The van der Waals surface area contributed by atoms with Gasteiger partial charge in [-0.25, -0.2) is 4.79 Å². The number of imide groups is 1. The highest BCUT2D eigenvalue weighted by atomic mass is 16.3. The van der Waals surface area contributed by atoms with E-state index in [1.54, 1.807) is 13.8 Å². The molecule has 2 saturated heterocycles. The van der Waals surface area contributed by atoms with Gasteiger partial charge in [0.1, 0.15) is 18.2 Å². The molecule has 2 fully saturated rings. The van der Waals surface area contributed by atoms with E-state index >= 15 is 0 Å². The van der Waals surface area contributed by atoms with Gasteiger partial charge < -0.3 is 15.3 Å². The van der Waals surface area contributed by atoms with Gasteiger partial charge in [0, 0.05) is 12.8 Å². The topological polar surface area (TPSA) is 74.1 Å². The fourth-order valence-electron chi connectivity index (χ4n) is 2.67. The lowest BCUT2D eigenvalue weighted by molar-refractivity contribution is -0.890.